The molecule has 11 heavy (non-hydrogen) atoms. The van der Waals surface area contributed by atoms with Gasteiger partial charge in [-0.05, 0) is 18.7 Å². The molecule has 0 aliphatic rings. The Balaban J connectivity index is 4.76. The van der Waals surface area contributed by atoms with Crippen molar-refractivity contribution in [2.45, 2.75) is 13.8 Å². The monoisotopic (exact) mass is 153 g/mol. The molecule has 0 saturated heterocycles. The minimum Gasteiger partial charge on any atom is -0.495 e. The first kappa shape index (κ1) is 9.95. The van der Waals surface area contributed by atoms with Crippen molar-refractivity contribution in [2.75, 3.05) is 7.11 Å². The van der Waals surface area contributed by atoms with E-state index in [1.54, 1.807) is 13.2 Å². The Morgan fingerprint density at radius 2 is 2.09 bits per heavy atom. The van der Waals surface area contributed by atoms with Gasteiger partial charge >= 0.3 is 0 Å². The summed E-state index contributed by atoms with van der Waals surface area (Å²) in [4.78, 5) is 3.86. The predicted molar refractivity (Wildman–Crippen MR) is 48.6 cm³/mol. The van der Waals surface area contributed by atoms with Crippen molar-refractivity contribution in [3.8, 4) is 0 Å². The van der Waals surface area contributed by atoms with Crippen molar-refractivity contribution in [1.29, 1.82) is 0 Å². The van der Waals surface area contributed by atoms with Crippen molar-refractivity contribution < 1.29 is 4.74 Å². The maximum Gasteiger partial charge on any atom is 0.139 e. The second kappa shape index (κ2) is 4.72. The van der Waals surface area contributed by atoms with E-state index in [1.807, 2.05) is 13.8 Å². The Bertz CT molecular complexity index is 180. The third kappa shape index (κ3) is 2.58. The fraction of sp³-hybridized carbons (Fsp3) is 0.444. The van der Waals surface area contributed by atoms with Gasteiger partial charge in [0.2, 0.25) is 0 Å². The van der Waals surface area contributed by atoms with Crippen LogP contribution in [0.2, 0.25) is 0 Å². The van der Waals surface area contributed by atoms with Gasteiger partial charge in [-0.15, -0.1) is 0 Å². The van der Waals surface area contributed by atoms with Gasteiger partial charge in [-0.3, -0.25) is 4.99 Å². The van der Waals surface area contributed by atoms with E-state index >= 15 is 0 Å². The summed E-state index contributed by atoms with van der Waals surface area (Å²) in [6.07, 6.45) is 1.64. The molecular formula is C9H15NO. The quantitative estimate of drug-likeness (QED) is 0.345. The summed E-state index contributed by atoms with van der Waals surface area (Å²) in [7, 11) is 1.60. The molecule has 0 aliphatic carbocycles. The molecule has 0 heterocycles. The van der Waals surface area contributed by atoms with Gasteiger partial charge in [0.1, 0.15) is 5.76 Å². The van der Waals surface area contributed by atoms with Crippen LogP contribution in [0.4, 0.5) is 0 Å². The van der Waals surface area contributed by atoms with Gasteiger partial charge in [0.25, 0.3) is 0 Å². The molecule has 0 spiro atoms. The van der Waals surface area contributed by atoms with Crippen LogP contribution in [0.1, 0.15) is 13.8 Å². The highest BCUT2D eigenvalue weighted by molar-refractivity contribution is 5.32. The lowest BCUT2D eigenvalue weighted by Crippen LogP contribution is -1.96. The molecule has 0 saturated carbocycles. The normalized spacial score (nSPS) is 12.4. The summed E-state index contributed by atoms with van der Waals surface area (Å²) in [5.74, 6) is 1.02. The number of hydrogen-bond acceptors (Lipinski definition) is 2. The largest absolute Gasteiger partial charge is 0.495 e. The third-order valence-corrected chi connectivity index (χ3v) is 1.37. The van der Waals surface area contributed by atoms with E-state index in [-0.39, 0.29) is 0 Å². The molecule has 0 atom stereocenters. The van der Waals surface area contributed by atoms with Crippen LogP contribution in [0, 0.1) is 5.92 Å². The molecule has 0 fully saturated rings. The molecule has 0 aliphatic heterocycles. The van der Waals surface area contributed by atoms with Crippen molar-refractivity contribution in [1.82, 2.24) is 0 Å². The molecule has 2 heteroatoms. The average Bonchev–Trinajstić information content (AvgIpc) is 1.99. The Morgan fingerprint density at radius 1 is 1.55 bits per heavy atom. The number of aliphatic imine (C=N–C) groups is 1. The SMILES string of the molecule is C=C/C(OC)=C(\N=C)C(C)C. The summed E-state index contributed by atoms with van der Waals surface area (Å²) < 4.78 is 5.04. The number of ether oxygens (including phenoxy) is 1. The average molecular weight is 153 g/mol. The Hall–Kier alpha value is -1.05. The molecule has 0 amide bonds. The van der Waals surface area contributed by atoms with Gasteiger partial charge < -0.3 is 4.74 Å². The van der Waals surface area contributed by atoms with Crippen LogP contribution in [0.3, 0.4) is 0 Å². The first-order valence-electron chi connectivity index (χ1n) is 3.54. The lowest BCUT2D eigenvalue weighted by molar-refractivity contribution is 0.298. The number of methoxy groups -OCH3 is 1. The smallest absolute Gasteiger partial charge is 0.139 e. The standard InChI is InChI=1S/C9H15NO/c1-6-8(11-5)9(10-4)7(2)3/h6-7H,1,4H2,2-3,5H3/b9-8+. The van der Waals surface area contributed by atoms with Crippen molar-refractivity contribution >= 4 is 6.72 Å². The van der Waals surface area contributed by atoms with Crippen LogP contribution < -0.4 is 0 Å². The van der Waals surface area contributed by atoms with Gasteiger partial charge in [-0.1, -0.05) is 20.4 Å². The molecule has 0 unspecified atom stereocenters. The number of hydrogen-bond donors (Lipinski definition) is 0. The zero-order valence-corrected chi connectivity index (χ0v) is 7.42. The van der Waals surface area contributed by atoms with E-state index in [9.17, 15) is 0 Å². The third-order valence-electron chi connectivity index (χ3n) is 1.37. The lowest BCUT2D eigenvalue weighted by atomic mass is 10.1. The van der Waals surface area contributed by atoms with Crippen LogP contribution in [0.5, 0.6) is 0 Å². The predicted octanol–water partition coefficient (Wildman–Crippen LogP) is 2.39. The second-order valence-electron chi connectivity index (χ2n) is 2.47. The van der Waals surface area contributed by atoms with Gasteiger partial charge in [0, 0.05) is 0 Å². The van der Waals surface area contributed by atoms with E-state index in [1.165, 1.54) is 0 Å². The molecule has 0 rings (SSSR count). The molecule has 0 aromatic carbocycles. The van der Waals surface area contributed by atoms with Crippen LogP contribution in [0.25, 0.3) is 0 Å². The van der Waals surface area contributed by atoms with Crippen LogP contribution in [-0.2, 0) is 4.74 Å². The molecular weight excluding hydrogens is 138 g/mol. The van der Waals surface area contributed by atoms with E-state index in [4.69, 9.17) is 4.74 Å². The number of rotatable bonds is 4. The molecule has 0 aromatic rings. The first-order valence-corrected chi connectivity index (χ1v) is 3.54. The van der Waals surface area contributed by atoms with E-state index in [0.29, 0.717) is 11.7 Å². The van der Waals surface area contributed by atoms with E-state index in [2.05, 4.69) is 18.3 Å². The van der Waals surface area contributed by atoms with Gasteiger partial charge in [-0.2, -0.15) is 0 Å². The minimum atomic E-state index is 0.320. The van der Waals surface area contributed by atoms with Crippen molar-refractivity contribution in [2.24, 2.45) is 10.9 Å². The summed E-state index contributed by atoms with van der Waals surface area (Å²) in [6.45, 7) is 11.1. The van der Waals surface area contributed by atoms with Crippen LogP contribution >= 0.6 is 0 Å². The summed E-state index contributed by atoms with van der Waals surface area (Å²) in [6, 6.07) is 0. The molecule has 62 valence electrons. The molecule has 0 aromatic heterocycles. The zero-order chi connectivity index (χ0) is 8.85. The summed E-state index contributed by atoms with van der Waals surface area (Å²) in [5.41, 5.74) is 0.850. The highest BCUT2D eigenvalue weighted by Gasteiger charge is 2.05. The maximum atomic E-state index is 5.04. The van der Waals surface area contributed by atoms with E-state index < -0.39 is 0 Å². The molecule has 0 bridgehead atoms. The summed E-state index contributed by atoms with van der Waals surface area (Å²) in [5, 5.41) is 0. The molecule has 2 nitrogen and oxygen atoms in total. The van der Waals surface area contributed by atoms with Crippen molar-refractivity contribution in [3.63, 3.8) is 0 Å². The van der Waals surface area contributed by atoms with Crippen LogP contribution in [-0.4, -0.2) is 13.8 Å². The highest BCUT2D eigenvalue weighted by Crippen LogP contribution is 2.16. The first-order chi connectivity index (χ1) is 5.17. The Morgan fingerprint density at radius 3 is 2.18 bits per heavy atom. The van der Waals surface area contributed by atoms with Gasteiger partial charge in [-0.25, -0.2) is 0 Å². The van der Waals surface area contributed by atoms with Gasteiger partial charge in [0.05, 0.1) is 12.8 Å². The molecule has 0 N–H and O–H groups in total. The number of nitrogens with zero attached hydrogens (tertiary/aromatic N) is 1. The zero-order valence-electron chi connectivity index (χ0n) is 7.42. The number of allylic oxidation sites excluding steroid dienone is 2. The van der Waals surface area contributed by atoms with Crippen molar-refractivity contribution in [3.05, 3.63) is 24.1 Å². The molecule has 0 radical (unpaired) electrons. The summed E-state index contributed by atoms with van der Waals surface area (Å²) >= 11 is 0. The van der Waals surface area contributed by atoms with Crippen LogP contribution in [0.15, 0.2) is 29.1 Å². The topological polar surface area (TPSA) is 21.6 Å². The fourth-order valence-electron chi connectivity index (χ4n) is 0.837. The van der Waals surface area contributed by atoms with Gasteiger partial charge in [0.15, 0.2) is 0 Å². The second-order valence-corrected chi connectivity index (χ2v) is 2.47. The maximum absolute atomic E-state index is 5.04. The Labute approximate surface area is 68.3 Å². The van der Waals surface area contributed by atoms with E-state index in [0.717, 1.165) is 5.70 Å². The Kier molecular flexibility index (Phi) is 4.27. The lowest BCUT2D eigenvalue weighted by Gasteiger charge is -2.09. The minimum absolute atomic E-state index is 0.320. The highest BCUT2D eigenvalue weighted by atomic mass is 16.5. The fourth-order valence-corrected chi connectivity index (χ4v) is 0.837.